The molecule has 0 spiro atoms. The second-order valence-corrected chi connectivity index (χ2v) is 6.79. The molecule has 1 aliphatic rings. The first-order valence-corrected chi connectivity index (χ1v) is 8.87. The molecule has 124 valence electrons. The zero-order chi connectivity index (χ0) is 16.5. The Kier molecular flexibility index (Phi) is 3.97. The lowest BCUT2D eigenvalue weighted by molar-refractivity contribution is 0.299. The molecular weight excluding hydrogens is 296 g/mol. The first-order chi connectivity index (χ1) is 11.8. The maximum absolute atomic E-state index is 4.79. The van der Waals surface area contributed by atoms with Gasteiger partial charge in [-0.25, -0.2) is 4.98 Å². The third-order valence-electron chi connectivity index (χ3n) is 5.28. The highest BCUT2D eigenvalue weighted by atomic mass is 15.2. The number of pyridine rings is 1. The van der Waals surface area contributed by atoms with Crippen LogP contribution < -0.4 is 4.90 Å². The Bertz CT molecular complexity index is 825. The number of piperidine rings is 1. The lowest BCUT2D eigenvalue weighted by atomic mass is 9.92. The summed E-state index contributed by atoms with van der Waals surface area (Å²) in [4.78, 5) is 11.6. The highest BCUT2D eigenvalue weighted by Crippen LogP contribution is 2.34. The predicted molar refractivity (Wildman–Crippen MR) is 98.4 cm³/mol. The minimum Gasteiger partial charge on any atom is -0.369 e. The van der Waals surface area contributed by atoms with Gasteiger partial charge in [0.2, 0.25) is 0 Å². The highest BCUT2D eigenvalue weighted by Gasteiger charge is 2.28. The number of aromatic nitrogens is 3. The average Bonchev–Trinajstić information content (AvgIpc) is 3.15. The molecule has 0 radical (unpaired) electrons. The van der Waals surface area contributed by atoms with Crippen LogP contribution in [-0.4, -0.2) is 27.6 Å². The summed E-state index contributed by atoms with van der Waals surface area (Å²) in [6.45, 7) is 6.65. The van der Waals surface area contributed by atoms with Gasteiger partial charge in [0.25, 0.3) is 0 Å². The van der Waals surface area contributed by atoms with Crippen LogP contribution in [0.15, 0.2) is 49.1 Å². The fourth-order valence-corrected chi connectivity index (χ4v) is 3.77. The molecule has 0 aliphatic carbocycles. The number of rotatable bonds is 3. The van der Waals surface area contributed by atoms with Crippen molar-refractivity contribution in [3.05, 3.63) is 54.7 Å². The van der Waals surface area contributed by atoms with Crippen LogP contribution in [0.25, 0.3) is 10.9 Å². The second kappa shape index (κ2) is 6.27. The molecule has 0 bridgehead atoms. The van der Waals surface area contributed by atoms with Gasteiger partial charge in [-0.2, -0.15) is 0 Å². The topological polar surface area (TPSA) is 34.0 Å². The molecule has 2 aromatic heterocycles. The van der Waals surface area contributed by atoms with Gasteiger partial charge in [0, 0.05) is 42.3 Å². The average molecular weight is 320 g/mol. The van der Waals surface area contributed by atoms with Crippen molar-refractivity contribution in [1.82, 2.24) is 14.5 Å². The van der Waals surface area contributed by atoms with Gasteiger partial charge in [-0.15, -0.1) is 0 Å². The van der Waals surface area contributed by atoms with Gasteiger partial charge in [-0.05, 0) is 30.9 Å². The summed E-state index contributed by atoms with van der Waals surface area (Å²) in [6.07, 6.45) is 8.08. The lowest BCUT2D eigenvalue weighted by Crippen LogP contribution is -2.40. The second-order valence-electron chi connectivity index (χ2n) is 6.79. The van der Waals surface area contributed by atoms with Crippen molar-refractivity contribution in [1.29, 1.82) is 0 Å². The smallest absolute Gasteiger partial charge is 0.0949 e. The Morgan fingerprint density at radius 1 is 1.25 bits per heavy atom. The molecule has 3 heterocycles. The zero-order valence-electron chi connectivity index (χ0n) is 14.4. The number of hydrogen-bond acceptors (Lipinski definition) is 3. The Balaban J connectivity index is 1.74. The van der Waals surface area contributed by atoms with Crippen molar-refractivity contribution in [3.63, 3.8) is 0 Å². The number of nitrogens with zero attached hydrogens (tertiary/aromatic N) is 4. The molecule has 3 aromatic rings. The van der Waals surface area contributed by atoms with Crippen LogP contribution in [-0.2, 0) is 6.42 Å². The monoisotopic (exact) mass is 320 g/mol. The maximum atomic E-state index is 4.79. The van der Waals surface area contributed by atoms with Gasteiger partial charge in [-0.3, -0.25) is 4.98 Å². The summed E-state index contributed by atoms with van der Waals surface area (Å²) in [7, 11) is 0. The summed E-state index contributed by atoms with van der Waals surface area (Å²) in [5.41, 5.74) is 3.60. The van der Waals surface area contributed by atoms with E-state index in [-0.39, 0.29) is 0 Å². The number of anilines is 1. The zero-order valence-corrected chi connectivity index (χ0v) is 14.4. The van der Waals surface area contributed by atoms with Crippen LogP contribution in [0.5, 0.6) is 0 Å². The molecule has 0 amide bonds. The fourth-order valence-electron chi connectivity index (χ4n) is 3.77. The van der Waals surface area contributed by atoms with Crippen molar-refractivity contribution >= 4 is 16.6 Å². The largest absolute Gasteiger partial charge is 0.369 e. The van der Waals surface area contributed by atoms with Crippen molar-refractivity contribution < 1.29 is 0 Å². The molecule has 2 unspecified atom stereocenters. The molecule has 1 saturated heterocycles. The molecule has 1 aromatic carbocycles. The number of fused-ring (bicyclic) bond motifs is 1. The van der Waals surface area contributed by atoms with Crippen molar-refractivity contribution in [2.45, 2.75) is 32.7 Å². The van der Waals surface area contributed by atoms with E-state index < -0.39 is 0 Å². The Hall–Kier alpha value is -2.36. The normalized spacial score (nSPS) is 21.3. The van der Waals surface area contributed by atoms with Crippen molar-refractivity contribution in [2.24, 2.45) is 5.92 Å². The van der Waals surface area contributed by atoms with Crippen LogP contribution >= 0.6 is 0 Å². The number of benzene rings is 1. The van der Waals surface area contributed by atoms with E-state index in [9.17, 15) is 0 Å². The van der Waals surface area contributed by atoms with E-state index in [1.807, 2.05) is 12.5 Å². The highest BCUT2D eigenvalue weighted by molar-refractivity contribution is 5.92. The Labute approximate surface area is 143 Å². The molecule has 0 saturated carbocycles. The van der Waals surface area contributed by atoms with Crippen LogP contribution in [0.4, 0.5) is 5.69 Å². The molecule has 4 heteroatoms. The van der Waals surface area contributed by atoms with E-state index in [1.165, 1.54) is 23.2 Å². The molecule has 1 fully saturated rings. The number of hydrogen-bond donors (Lipinski definition) is 0. The SMILES string of the molecule is CCc1cc(N2CCC(C)C(n3ccnc3)C2)c2ccccc2n1. The number of para-hydroxylation sites is 1. The van der Waals surface area contributed by atoms with E-state index in [0.29, 0.717) is 12.0 Å². The van der Waals surface area contributed by atoms with Crippen LogP contribution in [0.2, 0.25) is 0 Å². The van der Waals surface area contributed by atoms with Crippen LogP contribution in [0, 0.1) is 5.92 Å². The number of aryl methyl sites for hydroxylation is 1. The van der Waals surface area contributed by atoms with E-state index in [4.69, 9.17) is 4.98 Å². The molecule has 0 N–H and O–H groups in total. The first-order valence-electron chi connectivity index (χ1n) is 8.87. The molecular formula is C20H24N4. The van der Waals surface area contributed by atoms with E-state index >= 15 is 0 Å². The van der Waals surface area contributed by atoms with E-state index in [2.05, 4.69) is 64.8 Å². The summed E-state index contributed by atoms with van der Waals surface area (Å²) in [5.74, 6) is 0.661. The molecule has 1 aliphatic heterocycles. The molecule has 4 nitrogen and oxygen atoms in total. The minimum atomic E-state index is 0.471. The van der Waals surface area contributed by atoms with Gasteiger partial charge in [0.05, 0.1) is 17.9 Å². The van der Waals surface area contributed by atoms with Crippen LogP contribution in [0.3, 0.4) is 0 Å². The molecule has 2 atom stereocenters. The maximum Gasteiger partial charge on any atom is 0.0949 e. The number of imidazole rings is 1. The predicted octanol–water partition coefficient (Wildman–Crippen LogP) is 4.08. The summed E-state index contributed by atoms with van der Waals surface area (Å²) >= 11 is 0. The van der Waals surface area contributed by atoms with Gasteiger partial charge >= 0.3 is 0 Å². The Morgan fingerprint density at radius 2 is 2.12 bits per heavy atom. The standard InChI is InChI=1S/C20H24N4/c1-3-16-12-19(17-6-4-5-7-18(17)22-16)23-10-8-15(2)20(13-23)24-11-9-21-14-24/h4-7,9,11-12,14-15,20H,3,8,10,13H2,1-2H3. The van der Waals surface area contributed by atoms with Gasteiger partial charge in [0.1, 0.15) is 0 Å². The van der Waals surface area contributed by atoms with Gasteiger partial charge in [-0.1, -0.05) is 32.0 Å². The minimum absolute atomic E-state index is 0.471. The summed E-state index contributed by atoms with van der Waals surface area (Å²) in [5, 5.41) is 1.26. The van der Waals surface area contributed by atoms with E-state index in [0.717, 1.165) is 25.0 Å². The van der Waals surface area contributed by atoms with E-state index in [1.54, 1.807) is 0 Å². The van der Waals surface area contributed by atoms with Crippen LogP contribution in [0.1, 0.15) is 32.0 Å². The summed E-state index contributed by atoms with van der Waals surface area (Å²) < 4.78 is 2.26. The lowest BCUT2D eigenvalue weighted by Gasteiger charge is -2.39. The third-order valence-corrected chi connectivity index (χ3v) is 5.28. The quantitative estimate of drug-likeness (QED) is 0.729. The summed E-state index contributed by atoms with van der Waals surface area (Å²) in [6, 6.07) is 11.3. The molecule has 24 heavy (non-hydrogen) atoms. The Morgan fingerprint density at radius 3 is 2.92 bits per heavy atom. The van der Waals surface area contributed by atoms with Crippen molar-refractivity contribution in [3.8, 4) is 0 Å². The first kappa shape index (κ1) is 15.2. The van der Waals surface area contributed by atoms with Crippen molar-refractivity contribution in [2.75, 3.05) is 18.0 Å². The van der Waals surface area contributed by atoms with Gasteiger partial charge in [0.15, 0.2) is 0 Å². The third kappa shape index (κ3) is 2.66. The molecule has 4 rings (SSSR count). The fraction of sp³-hybridized carbons (Fsp3) is 0.400. The van der Waals surface area contributed by atoms with Gasteiger partial charge < -0.3 is 9.47 Å².